The standard InChI is InChI=1S/C16H25BrClN/c1-4-9-19-16(10-12(5-2)6-3)13-7-8-14(17)15(18)11-13/h7-8,11-12,16,19H,4-6,9-10H2,1-3H3. The molecule has 0 saturated heterocycles. The van der Waals surface area contributed by atoms with Crippen LogP contribution < -0.4 is 5.32 Å². The fourth-order valence-electron chi connectivity index (χ4n) is 2.34. The van der Waals surface area contributed by atoms with Crippen molar-refractivity contribution in [2.45, 2.75) is 52.5 Å². The third kappa shape index (κ3) is 5.45. The molecule has 1 N–H and O–H groups in total. The van der Waals surface area contributed by atoms with Crippen LogP contribution >= 0.6 is 27.5 Å². The summed E-state index contributed by atoms with van der Waals surface area (Å²) >= 11 is 9.68. The van der Waals surface area contributed by atoms with Crippen LogP contribution in [0.2, 0.25) is 5.02 Å². The third-order valence-electron chi connectivity index (χ3n) is 3.71. The minimum atomic E-state index is 0.412. The average molecular weight is 347 g/mol. The SMILES string of the molecule is CCCNC(CC(CC)CC)c1ccc(Br)c(Cl)c1. The van der Waals surface area contributed by atoms with Crippen LogP contribution in [-0.4, -0.2) is 6.54 Å². The molecular weight excluding hydrogens is 322 g/mol. The van der Waals surface area contributed by atoms with Crippen molar-refractivity contribution in [2.24, 2.45) is 5.92 Å². The second-order valence-electron chi connectivity index (χ2n) is 5.10. The lowest BCUT2D eigenvalue weighted by Crippen LogP contribution is -2.24. The zero-order chi connectivity index (χ0) is 14.3. The highest BCUT2D eigenvalue weighted by atomic mass is 79.9. The molecule has 0 amide bonds. The minimum Gasteiger partial charge on any atom is -0.310 e. The van der Waals surface area contributed by atoms with E-state index in [0.717, 1.165) is 28.4 Å². The molecule has 0 aromatic heterocycles. The Bertz CT molecular complexity index is 377. The highest BCUT2D eigenvalue weighted by molar-refractivity contribution is 9.10. The van der Waals surface area contributed by atoms with E-state index in [9.17, 15) is 0 Å². The summed E-state index contributed by atoms with van der Waals surface area (Å²) in [6.07, 6.45) is 4.82. The van der Waals surface area contributed by atoms with E-state index >= 15 is 0 Å². The maximum Gasteiger partial charge on any atom is 0.0551 e. The number of nitrogens with one attached hydrogen (secondary N) is 1. The Kier molecular flexibility index (Phi) is 8.05. The van der Waals surface area contributed by atoms with Gasteiger partial charge in [0.1, 0.15) is 0 Å². The lowest BCUT2D eigenvalue weighted by atomic mass is 9.91. The van der Waals surface area contributed by atoms with E-state index in [-0.39, 0.29) is 0 Å². The van der Waals surface area contributed by atoms with E-state index < -0.39 is 0 Å². The van der Waals surface area contributed by atoms with Gasteiger partial charge in [0.15, 0.2) is 0 Å². The molecule has 1 rings (SSSR count). The maximum atomic E-state index is 6.22. The first-order chi connectivity index (χ1) is 9.12. The molecule has 0 fully saturated rings. The Morgan fingerprint density at radius 2 is 1.89 bits per heavy atom. The Hall–Kier alpha value is -0.0500. The molecule has 1 atom stereocenters. The largest absolute Gasteiger partial charge is 0.310 e. The molecule has 0 aliphatic heterocycles. The summed E-state index contributed by atoms with van der Waals surface area (Å²) in [7, 11) is 0. The molecule has 1 nitrogen and oxygen atoms in total. The van der Waals surface area contributed by atoms with Crippen molar-refractivity contribution < 1.29 is 0 Å². The van der Waals surface area contributed by atoms with Crippen molar-refractivity contribution in [3.8, 4) is 0 Å². The van der Waals surface area contributed by atoms with Gasteiger partial charge in [0.05, 0.1) is 5.02 Å². The van der Waals surface area contributed by atoms with Gasteiger partial charge in [0.2, 0.25) is 0 Å². The molecule has 1 aromatic carbocycles. The highest BCUT2D eigenvalue weighted by Crippen LogP contribution is 2.30. The van der Waals surface area contributed by atoms with Crippen LogP contribution in [0.1, 0.15) is 58.1 Å². The van der Waals surface area contributed by atoms with Crippen LogP contribution in [0.25, 0.3) is 0 Å². The minimum absolute atomic E-state index is 0.412. The van der Waals surface area contributed by atoms with Gasteiger partial charge in [-0.1, -0.05) is 51.3 Å². The van der Waals surface area contributed by atoms with Gasteiger partial charge in [0.25, 0.3) is 0 Å². The van der Waals surface area contributed by atoms with Gasteiger partial charge >= 0.3 is 0 Å². The summed E-state index contributed by atoms with van der Waals surface area (Å²) in [6.45, 7) is 7.81. The molecule has 0 aliphatic rings. The van der Waals surface area contributed by atoms with E-state index in [0.29, 0.717) is 6.04 Å². The zero-order valence-corrected chi connectivity index (χ0v) is 14.5. The van der Waals surface area contributed by atoms with Crippen molar-refractivity contribution in [3.05, 3.63) is 33.3 Å². The Morgan fingerprint density at radius 3 is 2.42 bits per heavy atom. The van der Waals surface area contributed by atoms with Crippen LogP contribution in [-0.2, 0) is 0 Å². The molecule has 1 aromatic rings. The van der Waals surface area contributed by atoms with Gasteiger partial charge < -0.3 is 5.32 Å². The Labute approximate surface area is 131 Å². The van der Waals surface area contributed by atoms with Gasteiger partial charge in [-0.3, -0.25) is 0 Å². The van der Waals surface area contributed by atoms with E-state index in [1.165, 1.54) is 24.8 Å². The summed E-state index contributed by atoms with van der Waals surface area (Å²) in [5.74, 6) is 0.775. The van der Waals surface area contributed by atoms with Crippen LogP contribution in [0.15, 0.2) is 22.7 Å². The second-order valence-corrected chi connectivity index (χ2v) is 6.36. The molecule has 0 bridgehead atoms. The van der Waals surface area contributed by atoms with E-state index in [2.05, 4.69) is 54.2 Å². The topological polar surface area (TPSA) is 12.0 Å². The van der Waals surface area contributed by atoms with Crippen LogP contribution in [0.3, 0.4) is 0 Å². The monoisotopic (exact) mass is 345 g/mol. The molecule has 0 radical (unpaired) electrons. The molecule has 0 aliphatic carbocycles. The summed E-state index contributed by atoms with van der Waals surface area (Å²) < 4.78 is 0.967. The molecule has 1 unspecified atom stereocenters. The Morgan fingerprint density at radius 1 is 1.21 bits per heavy atom. The lowest BCUT2D eigenvalue weighted by molar-refractivity contribution is 0.371. The number of rotatable bonds is 8. The number of benzene rings is 1. The lowest BCUT2D eigenvalue weighted by Gasteiger charge is -2.24. The van der Waals surface area contributed by atoms with E-state index in [4.69, 9.17) is 11.6 Å². The molecule has 0 spiro atoms. The molecular formula is C16H25BrClN. The summed E-state index contributed by atoms with van der Waals surface area (Å²) in [4.78, 5) is 0. The average Bonchev–Trinajstić information content (AvgIpc) is 2.42. The smallest absolute Gasteiger partial charge is 0.0551 e. The predicted molar refractivity (Wildman–Crippen MR) is 88.9 cm³/mol. The fourth-order valence-corrected chi connectivity index (χ4v) is 2.78. The first-order valence-electron chi connectivity index (χ1n) is 7.30. The van der Waals surface area contributed by atoms with Crippen LogP contribution in [0, 0.1) is 5.92 Å². The first-order valence-corrected chi connectivity index (χ1v) is 8.47. The first kappa shape index (κ1) is 17.0. The maximum absolute atomic E-state index is 6.22. The van der Waals surface area contributed by atoms with Crippen LogP contribution in [0.5, 0.6) is 0 Å². The van der Waals surface area contributed by atoms with Crippen molar-refractivity contribution in [2.75, 3.05) is 6.54 Å². The van der Waals surface area contributed by atoms with E-state index in [1.54, 1.807) is 0 Å². The van der Waals surface area contributed by atoms with Gasteiger partial charge in [-0.15, -0.1) is 0 Å². The Balaban J connectivity index is 2.85. The number of halogens is 2. The number of hydrogen-bond acceptors (Lipinski definition) is 1. The number of hydrogen-bond donors (Lipinski definition) is 1. The van der Waals surface area contributed by atoms with Crippen molar-refractivity contribution in [3.63, 3.8) is 0 Å². The second kappa shape index (κ2) is 8.99. The van der Waals surface area contributed by atoms with Crippen molar-refractivity contribution >= 4 is 27.5 Å². The van der Waals surface area contributed by atoms with E-state index in [1.807, 2.05) is 6.07 Å². The third-order valence-corrected chi connectivity index (χ3v) is 4.94. The van der Waals surface area contributed by atoms with Gasteiger partial charge in [-0.25, -0.2) is 0 Å². The highest BCUT2D eigenvalue weighted by Gasteiger charge is 2.16. The normalized spacial score (nSPS) is 12.9. The van der Waals surface area contributed by atoms with Gasteiger partial charge in [0, 0.05) is 10.5 Å². The predicted octanol–water partition coefficient (Wildman–Crippen LogP) is 5.97. The summed E-state index contributed by atoms with van der Waals surface area (Å²) in [5, 5.41) is 4.45. The van der Waals surface area contributed by atoms with Gasteiger partial charge in [-0.05, 0) is 58.9 Å². The fraction of sp³-hybridized carbons (Fsp3) is 0.625. The van der Waals surface area contributed by atoms with Crippen molar-refractivity contribution in [1.29, 1.82) is 0 Å². The van der Waals surface area contributed by atoms with Crippen molar-refractivity contribution in [1.82, 2.24) is 5.32 Å². The molecule has 0 heterocycles. The quantitative estimate of drug-likeness (QED) is 0.611. The molecule has 19 heavy (non-hydrogen) atoms. The summed E-state index contributed by atoms with van der Waals surface area (Å²) in [6, 6.07) is 6.72. The molecule has 108 valence electrons. The molecule has 0 saturated carbocycles. The van der Waals surface area contributed by atoms with Crippen LogP contribution in [0.4, 0.5) is 0 Å². The van der Waals surface area contributed by atoms with Gasteiger partial charge in [-0.2, -0.15) is 0 Å². The zero-order valence-electron chi connectivity index (χ0n) is 12.2. The molecule has 3 heteroatoms. The summed E-state index contributed by atoms with van der Waals surface area (Å²) in [5.41, 5.74) is 1.30.